The van der Waals surface area contributed by atoms with Gasteiger partial charge in [0.1, 0.15) is 0 Å². The maximum atomic E-state index is 11.5. The van der Waals surface area contributed by atoms with E-state index in [0.29, 0.717) is 5.69 Å². The molecule has 0 spiro atoms. The van der Waals surface area contributed by atoms with Gasteiger partial charge in [0.25, 0.3) is 0 Å². The van der Waals surface area contributed by atoms with Gasteiger partial charge in [-0.1, -0.05) is 54.6 Å². The van der Waals surface area contributed by atoms with E-state index < -0.39 is 10.0 Å². The molecule has 0 aliphatic carbocycles. The van der Waals surface area contributed by atoms with E-state index in [2.05, 4.69) is 14.9 Å². The summed E-state index contributed by atoms with van der Waals surface area (Å²) in [6.07, 6.45) is 1.05. The van der Waals surface area contributed by atoms with Gasteiger partial charge in [-0.25, -0.2) is 18.7 Å². The molecular formula is C24H19N3O4S. The van der Waals surface area contributed by atoms with Crippen LogP contribution in [0.5, 0.6) is 5.75 Å². The Hall–Kier alpha value is -3.88. The lowest BCUT2D eigenvalue weighted by Crippen LogP contribution is -2.09. The van der Waals surface area contributed by atoms with Crippen molar-refractivity contribution in [2.75, 3.05) is 16.3 Å². The largest absolute Gasteiger partial charge is 0.351 e. The molecule has 0 saturated carbocycles. The van der Waals surface area contributed by atoms with Crippen LogP contribution in [0.15, 0.2) is 78.9 Å². The van der Waals surface area contributed by atoms with Crippen LogP contribution in [0.3, 0.4) is 0 Å². The molecule has 0 unspecified atom stereocenters. The molecule has 0 atom stereocenters. The molecule has 160 valence electrons. The van der Waals surface area contributed by atoms with Crippen molar-refractivity contribution >= 4 is 59.7 Å². The lowest BCUT2D eigenvalue weighted by atomic mass is 10.0. The van der Waals surface area contributed by atoms with E-state index in [1.54, 1.807) is 12.1 Å². The highest BCUT2D eigenvalue weighted by atomic mass is 32.2. The molecule has 0 radical (unpaired) electrons. The average molecular weight is 446 g/mol. The first kappa shape index (κ1) is 20.0. The monoisotopic (exact) mass is 445 g/mol. The topological polar surface area (TPSA) is 101 Å². The Labute approximate surface area is 184 Å². The third-order valence-electron chi connectivity index (χ3n) is 5.22. The van der Waals surface area contributed by atoms with E-state index in [1.807, 2.05) is 60.7 Å². The molecule has 7 nitrogen and oxygen atoms in total. The van der Waals surface area contributed by atoms with Gasteiger partial charge in [-0.15, -0.1) is 0 Å². The van der Waals surface area contributed by atoms with Gasteiger partial charge in [0.05, 0.1) is 34.4 Å². The highest BCUT2D eigenvalue weighted by molar-refractivity contribution is 7.92. The van der Waals surface area contributed by atoms with Gasteiger partial charge < -0.3 is 10.2 Å². The second-order valence-electron chi connectivity index (χ2n) is 7.49. The second-order valence-corrected chi connectivity index (χ2v) is 9.24. The molecule has 0 bridgehead atoms. The van der Waals surface area contributed by atoms with Crippen LogP contribution in [0.1, 0.15) is 0 Å². The standard InChI is InChI=1S/C24H19N3O4S/c1-32(29,30)27-16-11-13-21(22(14-16)31-28)26-24-18-8-4-5-9-20(18)25-23-17-7-3-2-6-15(17)10-12-19(23)24/h2-14,27-28H,1H3,(H,25,26). The number of sulfonamides is 1. The fourth-order valence-electron chi connectivity index (χ4n) is 3.87. The normalized spacial score (nSPS) is 11.7. The van der Waals surface area contributed by atoms with Crippen LogP contribution < -0.4 is 14.9 Å². The van der Waals surface area contributed by atoms with Crippen LogP contribution in [0, 0.1) is 0 Å². The van der Waals surface area contributed by atoms with Crippen LogP contribution in [-0.2, 0) is 10.0 Å². The number of pyridine rings is 1. The second kappa shape index (κ2) is 7.67. The van der Waals surface area contributed by atoms with Crippen molar-refractivity contribution in [3.05, 3.63) is 78.9 Å². The smallest absolute Gasteiger partial charge is 0.229 e. The molecule has 0 aliphatic heterocycles. The molecule has 0 saturated heterocycles. The summed E-state index contributed by atoms with van der Waals surface area (Å²) < 4.78 is 25.4. The van der Waals surface area contributed by atoms with Gasteiger partial charge in [-0.05, 0) is 23.6 Å². The van der Waals surface area contributed by atoms with Gasteiger partial charge >= 0.3 is 0 Å². The van der Waals surface area contributed by atoms with Crippen molar-refractivity contribution in [1.82, 2.24) is 4.98 Å². The molecule has 0 amide bonds. The molecule has 4 aromatic carbocycles. The Bertz CT molecular complexity index is 1600. The number of aromatic nitrogens is 1. The number of benzene rings is 4. The molecule has 5 rings (SSSR count). The molecule has 1 heterocycles. The Kier molecular flexibility index (Phi) is 4.80. The summed E-state index contributed by atoms with van der Waals surface area (Å²) in [6, 6.07) is 24.5. The van der Waals surface area contributed by atoms with Crippen molar-refractivity contribution < 1.29 is 18.6 Å². The van der Waals surface area contributed by atoms with Gasteiger partial charge in [0, 0.05) is 22.2 Å². The molecule has 5 aromatic rings. The van der Waals surface area contributed by atoms with Crippen molar-refractivity contribution in [2.45, 2.75) is 0 Å². The maximum Gasteiger partial charge on any atom is 0.229 e. The SMILES string of the molecule is CS(=O)(=O)Nc1ccc(Nc2c3ccccc3nc3c2ccc2ccccc23)c(OO)c1. The Balaban J connectivity index is 1.72. The summed E-state index contributed by atoms with van der Waals surface area (Å²) in [7, 11) is -3.47. The zero-order valence-corrected chi connectivity index (χ0v) is 17.8. The van der Waals surface area contributed by atoms with Crippen LogP contribution in [0.4, 0.5) is 17.1 Å². The number of hydrogen-bond acceptors (Lipinski definition) is 6. The van der Waals surface area contributed by atoms with Gasteiger partial charge in [0.15, 0.2) is 5.75 Å². The van der Waals surface area contributed by atoms with Crippen LogP contribution >= 0.6 is 0 Å². The van der Waals surface area contributed by atoms with E-state index in [4.69, 9.17) is 4.98 Å². The molecule has 32 heavy (non-hydrogen) atoms. The average Bonchev–Trinajstić information content (AvgIpc) is 2.78. The lowest BCUT2D eigenvalue weighted by molar-refractivity contribution is -0.136. The first-order valence-corrected chi connectivity index (χ1v) is 11.7. The minimum atomic E-state index is -3.47. The van der Waals surface area contributed by atoms with Crippen molar-refractivity contribution in [2.24, 2.45) is 0 Å². The van der Waals surface area contributed by atoms with E-state index in [0.717, 1.165) is 44.5 Å². The lowest BCUT2D eigenvalue weighted by Gasteiger charge is -2.16. The zero-order chi connectivity index (χ0) is 22.3. The highest BCUT2D eigenvalue weighted by Crippen LogP contribution is 2.38. The quantitative estimate of drug-likeness (QED) is 0.143. The summed E-state index contributed by atoms with van der Waals surface area (Å²) in [5.74, 6) is 0.0773. The summed E-state index contributed by atoms with van der Waals surface area (Å²) >= 11 is 0. The predicted molar refractivity (Wildman–Crippen MR) is 128 cm³/mol. The minimum Gasteiger partial charge on any atom is -0.351 e. The third kappa shape index (κ3) is 3.66. The number of rotatable bonds is 5. The first-order valence-electron chi connectivity index (χ1n) is 9.83. The summed E-state index contributed by atoms with van der Waals surface area (Å²) in [5.41, 5.74) is 3.22. The minimum absolute atomic E-state index is 0.0773. The third-order valence-corrected chi connectivity index (χ3v) is 5.82. The van der Waals surface area contributed by atoms with Gasteiger partial charge in [0.2, 0.25) is 10.0 Å². The fourth-order valence-corrected chi connectivity index (χ4v) is 4.43. The number of nitrogens with zero attached hydrogens (tertiary/aromatic N) is 1. The van der Waals surface area contributed by atoms with Crippen LogP contribution in [0.2, 0.25) is 0 Å². The number of nitrogens with one attached hydrogen (secondary N) is 2. The van der Waals surface area contributed by atoms with Crippen molar-refractivity contribution in [1.29, 1.82) is 0 Å². The van der Waals surface area contributed by atoms with Crippen LogP contribution in [0.25, 0.3) is 32.6 Å². The summed E-state index contributed by atoms with van der Waals surface area (Å²) in [5, 5.41) is 16.7. The number of hydrogen-bond donors (Lipinski definition) is 3. The number of fused-ring (bicyclic) bond motifs is 4. The fraction of sp³-hybridized carbons (Fsp3) is 0.0417. The van der Waals surface area contributed by atoms with Gasteiger partial charge in [-0.3, -0.25) is 4.72 Å². The number of anilines is 3. The van der Waals surface area contributed by atoms with E-state index in [-0.39, 0.29) is 11.4 Å². The zero-order valence-electron chi connectivity index (χ0n) is 17.0. The van der Waals surface area contributed by atoms with E-state index in [1.165, 1.54) is 6.07 Å². The summed E-state index contributed by atoms with van der Waals surface area (Å²) in [4.78, 5) is 9.46. The first-order chi connectivity index (χ1) is 15.4. The molecule has 0 aliphatic rings. The number of para-hydroxylation sites is 1. The Morgan fingerprint density at radius 1 is 0.875 bits per heavy atom. The van der Waals surface area contributed by atoms with Crippen LogP contribution in [-0.4, -0.2) is 24.9 Å². The molecule has 8 heteroatoms. The van der Waals surface area contributed by atoms with Crippen molar-refractivity contribution in [3.8, 4) is 5.75 Å². The predicted octanol–water partition coefficient (Wildman–Crippen LogP) is 5.51. The summed E-state index contributed by atoms with van der Waals surface area (Å²) in [6.45, 7) is 0. The Morgan fingerprint density at radius 3 is 2.41 bits per heavy atom. The molecule has 0 fully saturated rings. The maximum absolute atomic E-state index is 11.5. The molecule has 3 N–H and O–H groups in total. The van der Waals surface area contributed by atoms with Gasteiger partial charge in [-0.2, -0.15) is 0 Å². The Morgan fingerprint density at radius 2 is 1.62 bits per heavy atom. The van der Waals surface area contributed by atoms with Crippen molar-refractivity contribution in [3.63, 3.8) is 0 Å². The molecule has 1 aromatic heterocycles. The van der Waals surface area contributed by atoms with E-state index >= 15 is 0 Å². The van der Waals surface area contributed by atoms with E-state index in [9.17, 15) is 13.7 Å². The highest BCUT2D eigenvalue weighted by Gasteiger charge is 2.15. The molecular weight excluding hydrogens is 426 g/mol.